The molecule has 0 aliphatic rings. The van der Waals surface area contributed by atoms with Crippen LogP contribution in [-0.4, -0.2) is 16.8 Å². The van der Waals surface area contributed by atoms with Crippen molar-refractivity contribution in [3.8, 4) is 0 Å². The SMILES string of the molecule is CCCCCCCCCC(=O)NNC(=O)c1cccnc1. The molecule has 0 aromatic carbocycles. The Kier molecular flexibility index (Phi) is 8.84. The number of nitrogens with zero attached hydrogens (tertiary/aromatic N) is 1. The molecule has 1 rings (SSSR count). The monoisotopic (exact) mass is 291 g/mol. The maximum Gasteiger partial charge on any atom is 0.271 e. The molecule has 5 heteroatoms. The number of pyridine rings is 1. The second kappa shape index (κ2) is 10.8. The molecule has 0 bridgehead atoms. The quantitative estimate of drug-likeness (QED) is 0.543. The van der Waals surface area contributed by atoms with Gasteiger partial charge in [-0.3, -0.25) is 25.4 Å². The summed E-state index contributed by atoms with van der Waals surface area (Å²) in [6, 6.07) is 3.32. The number of hydrogen-bond acceptors (Lipinski definition) is 3. The summed E-state index contributed by atoms with van der Waals surface area (Å²) in [5.41, 5.74) is 5.24. The first-order valence-corrected chi connectivity index (χ1v) is 7.73. The molecule has 1 heterocycles. The van der Waals surface area contributed by atoms with Crippen LogP contribution in [0.3, 0.4) is 0 Å². The van der Waals surface area contributed by atoms with Crippen molar-refractivity contribution in [1.29, 1.82) is 0 Å². The molecule has 2 amide bonds. The molecule has 2 N–H and O–H groups in total. The van der Waals surface area contributed by atoms with Crippen LogP contribution in [0.4, 0.5) is 0 Å². The van der Waals surface area contributed by atoms with Crippen LogP contribution in [-0.2, 0) is 4.79 Å². The minimum Gasteiger partial charge on any atom is -0.273 e. The normalized spacial score (nSPS) is 10.1. The molecule has 0 unspecified atom stereocenters. The van der Waals surface area contributed by atoms with Crippen molar-refractivity contribution in [2.75, 3.05) is 0 Å². The van der Waals surface area contributed by atoms with Gasteiger partial charge < -0.3 is 0 Å². The molecule has 1 aromatic heterocycles. The molecule has 1 aromatic rings. The largest absolute Gasteiger partial charge is 0.273 e. The Morgan fingerprint density at radius 2 is 1.76 bits per heavy atom. The zero-order chi connectivity index (χ0) is 15.3. The van der Waals surface area contributed by atoms with E-state index in [1.165, 1.54) is 38.3 Å². The average Bonchev–Trinajstić information content (AvgIpc) is 2.52. The lowest BCUT2D eigenvalue weighted by Crippen LogP contribution is -2.41. The van der Waals surface area contributed by atoms with E-state index in [4.69, 9.17) is 0 Å². The second-order valence-electron chi connectivity index (χ2n) is 5.12. The first-order chi connectivity index (χ1) is 10.2. The van der Waals surface area contributed by atoms with Gasteiger partial charge in [-0.25, -0.2) is 0 Å². The van der Waals surface area contributed by atoms with Crippen molar-refractivity contribution in [1.82, 2.24) is 15.8 Å². The molecule has 0 aliphatic carbocycles. The first kappa shape index (κ1) is 17.1. The molecule has 0 spiro atoms. The predicted molar refractivity (Wildman–Crippen MR) is 82.5 cm³/mol. The summed E-state index contributed by atoms with van der Waals surface area (Å²) in [6.07, 6.45) is 11.7. The number of unbranched alkanes of at least 4 members (excludes halogenated alkanes) is 6. The summed E-state index contributed by atoms with van der Waals surface area (Å²) < 4.78 is 0. The number of rotatable bonds is 9. The van der Waals surface area contributed by atoms with Crippen LogP contribution in [0.15, 0.2) is 24.5 Å². The third-order valence-corrected chi connectivity index (χ3v) is 3.25. The molecular weight excluding hydrogens is 266 g/mol. The van der Waals surface area contributed by atoms with Crippen molar-refractivity contribution < 1.29 is 9.59 Å². The van der Waals surface area contributed by atoms with Gasteiger partial charge in [0.2, 0.25) is 5.91 Å². The smallest absolute Gasteiger partial charge is 0.271 e. The Morgan fingerprint density at radius 1 is 1.05 bits per heavy atom. The highest BCUT2D eigenvalue weighted by molar-refractivity contribution is 5.94. The van der Waals surface area contributed by atoms with Gasteiger partial charge in [-0.1, -0.05) is 45.4 Å². The average molecular weight is 291 g/mol. The molecular formula is C16H25N3O2. The van der Waals surface area contributed by atoms with E-state index in [0.29, 0.717) is 12.0 Å². The van der Waals surface area contributed by atoms with Crippen molar-refractivity contribution in [3.05, 3.63) is 30.1 Å². The van der Waals surface area contributed by atoms with Gasteiger partial charge in [-0.15, -0.1) is 0 Å². The fourth-order valence-corrected chi connectivity index (χ4v) is 2.00. The molecule has 5 nitrogen and oxygen atoms in total. The minimum atomic E-state index is -0.351. The Morgan fingerprint density at radius 3 is 2.43 bits per heavy atom. The lowest BCUT2D eigenvalue weighted by Gasteiger charge is -2.07. The molecule has 0 radical (unpaired) electrons. The molecule has 21 heavy (non-hydrogen) atoms. The van der Waals surface area contributed by atoms with Gasteiger partial charge in [0.15, 0.2) is 0 Å². The number of amides is 2. The van der Waals surface area contributed by atoms with Crippen LogP contribution in [0.1, 0.15) is 68.6 Å². The van der Waals surface area contributed by atoms with Crippen molar-refractivity contribution >= 4 is 11.8 Å². The fraction of sp³-hybridized carbons (Fsp3) is 0.562. The summed E-state index contributed by atoms with van der Waals surface area (Å²) in [4.78, 5) is 27.1. The zero-order valence-electron chi connectivity index (χ0n) is 12.7. The Bertz CT molecular complexity index is 421. The van der Waals surface area contributed by atoms with Crippen LogP contribution in [0.2, 0.25) is 0 Å². The Labute approximate surface area is 126 Å². The van der Waals surface area contributed by atoms with Gasteiger partial charge in [-0.05, 0) is 18.6 Å². The molecule has 0 saturated heterocycles. The van der Waals surface area contributed by atoms with E-state index in [1.807, 2.05) is 0 Å². The van der Waals surface area contributed by atoms with Crippen molar-refractivity contribution in [3.63, 3.8) is 0 Å². The number of hydrogen-bond donors (Lipinski definition) is 2. The highest BCUT2D eigenvalue weighted by Crippen LogP contribution is 2.08. The number of aromatic nitrogens is 1. The summed E-state index contributed by atoms with van der Waals surface area (Å²) >= 11 is 0. The van der Waals surface area contributed by atoms with Crippen LogP contribution in [0, 0.1) is 0 Å². The highest BCUT2D eigenvalue weighted by atomic mass is 16.2. The number of carbonyl (C=O) groups is 2. The van der Waals surface area contributed by atoms with Crippen LogP contribution in [0.25, 0.3) is 0 Å². The summed E-state index contributed by atoms with van der Waals surface area (Å²) in [5.74, 6) is -0.503. The topological polar surface area (TPSA) is 71.1 Å². The van der Waals surface area contributed by atoms with Crippen LogP contribution >= 0.6 is 0 Å². The molecule has 0 saturated carbocycles. The number of nitrogens with one attached hydrogen (secondary N) is 2. The van der Waals surface area contributed by atoms with Gasteiger partial charge in [0.05, 0.1) is 5.56 Å². The molecule has 0 fully saturated rings. The Hall–Kier alpha value is -1.91. The van der Waals surface area contributed by atoms with Gasteiger partial charge >= 0.3 is 0 Å². The summed E-state index contributed by atoms with van der Waals surface area (Å²) in [7, 11) is 0. The lowest BCUT2D eigenvalue weighted by atomic mass is 10.1. The van der Waals surface area contributed by atoms with E-state index >= 15 is 0 Å². The first-order valence-electron chi connectivity index (χ1n) is 7.73. The standard InChI is InChI=1S/C16H25N3O2/c1-2-3-4-5-6-7-8-11-15(20)18-19-16(21)14-10-9-12-17-13-14/h9-10,12-13H,2-8,11H2,1H3,(H,18,20)(H,19,21). The summed E-state index contributed by atoms with van der Waals surface area (Å²) in [6.45, 7) is 2.20. The van der Waals surface area contributed by atoms with E-state index in [0.717, 1.165) is 12.8 Å². The zero-order valence-corrected chi connectivity index (χ0v) is 12.7. The Balaban J connectivity index is 2.05. The van der Waals surface area contributed by atoms with E-state index in [-0.39, 0.29) is 11.8 Å². The van der Waals surface area contributed by atoms with Crippen LogP contribution in [0.5, 0.6) is 0 Å². The second-order valence-corrected chi connectivity index (χ2v) is 5.12. The highest BCUT2D eigenvalue weighted by Gasteiger charge is 2.06. The molecule has 116 valence electrons. The molecule has 0 aliphatic heterocycles. The van der Waals surface area contributed by atoms with Gasteiger partial charge in [-0.2, -0.15) is 0 Å². The lowest BCUT2D eigenvalue weighted by molar-refractivity contribution is -0.122. The van der Waals surface area contributed by atoms with E-state index in [1.54, 1.807) is 18.3 Å². The third kappa shape index (κ3) is 8.07. The predicted octanol–water partition coefficient (Wildman–Crippen LogP) is 2.98. The maximum atomic E-state index is 11.7. The number of hydrazine groups is 1. The molecule has 0 atom stereocenters. The van der Waals surface area contributed by atoms with Crippen molar-refractivity contribution in [2.45, 2.75) is 58.3 Å². The minimum absolute atomic E-state index is 0.152. The summed E-state index contributed by atoms with van der Waals surface area (Å²) in [5, 5.41) is 0. The van der Waals surface area contributed by atoms with Gasteiger partial charge in [0.1, 0.15) is 0 Å². The van der Waals surface area contributed by atoms with E-state index in [2.05, 4.69) is 22.8 Å². The van der Waals surface area contributed by atoms with Crippen molar-refractivity contribution in [2.24, 2.45) is 0 Å². The van der Waals surface area contributed by atoms with Gasteiger partial charge in [0.25, 0.3) is 5.91 Å². The maximum absolute atomic E-state index is 11.7. The van der Waals surface area contributed by atoms with E-state index < -0.39 is 0 Å². The fourth-order valence-electron chi connectivity index (χ4n) is 2.00. The van der Waals surface area contributed by atoms with E-state index in [9.17, 15) is 9.59 Å². The third-order valence-electron chi connectivity index (χ3n) is 3.25. The van der Waals surface area contributed by atoms with Gasteiger partial charge in [0, 0.05) is 18.8 Å². The number of carbonyl (C=O) groups excluding carboxylic acids is 2. The van der Waals surface area contributed by atoms with Crippen LogP contribution < -0.4 is 10.9 Å².